The third-order valence-electron chi connectivity index (χ3n) is 5.72. The Labute approximate surface area is 204 Å². The molecule has 4 aromatic rings. The van der Waals surface area contributed by atoms with Crippen molar-refractivity contribution in [2.45, 2.75) is 19.5 Å². The Morgan fingerprint density at radius 1 is 0.914 bits per heavy atom. The van der Waals surface area contributed by atoms with Crippen LogP contribution in [0.4, 0.5) is 5.95 Å². The molecular formula is C28H26N4O3. The van der Waals surface area contributed by atoms with Crippen LogP contribution in [0.25, 0.3) is 0 Å². The van der Waals surface area contributed by atoms with Gasteiger partial charge in [-0.05, 0) is 42.0 Å². The molecule has 7 heteroatoms. The molecule has 176 valence electrons. The smallest absolute Gasteiger partial charge is 0.260 e. The van der Waals surface area contributed by atoms with Gasteiger partial charge in [-0.25, -0.2) is 9.97 Å². The molecule has 1 aliphatic heterocycles. The number of ether oxygens (including phenoxy) is 2. The number of fused-ring (bicyclic) bond motifs is 1. The van der Waals surface area contributed by atoms with Gasteiger partial charge in [-0.3, -0.25) is 4.79 Å². The highest BCUT2D eigenvalue weighted by Crippen LogP contribution is 2.23. The topological polar surface area (TPSA) is 76.6 Å². The Morgan fingerprint density at radius 3 is 2.46 bits per heavy atom. The number of benzene rings is 3. The molecule has 1 amide bonds. The van der Waals surface area contributed by atoms with Crippen LogP contribution in [0.2, 0.25) is 0 Å². The molecule has 2 heterocycles. The predicted molar refractivity (Wildman–Crippen MR) is 133 cm³/mol. The first-order valence-corrected chi connectivity index (χ1v) is 11.6. The highest BCUT2D eigenvalue weighted by Gasteiger charge is 2.22. The lowest BCUT2D eigenvalue weighted by Crippen LogP contribution is -2.39. The van der Waals surface area contributed by atoms with Crippen LogP contribution in [0.1, 0.15) is 16.8 Å². The van der Waals surface area contributed by atoms with Crippen LogP contribution in [-0.4, -0.2) is 33.9 Å². The van der Waals surface area contributed by atoms with Crippen molar-refractivity contribution < 1.29 is 14.3 Å². The molecule has 0 spiro atoms. The second-order valence-electron chi connectivity index (χ2n) is 8.25. The molecule has 0 unspecified atom stereocenters. The van der Waals surface area contributed by atoms with E-state index in [2.05, 4.69) is 15.3 Å². The van der Waals surface area contributed by atoms with E-state index in [1.807, 2.05) is 84.9 Å². The van der Waals surface area contributed by atoms with E-state index in [0.29, 0.717) is 37.8 Å². The van der Waals surface area contributed by atoms with Crippen LogP contribution < -0.4 is 14.8 Å². The Balaban J connectivity index is 1.15. The van der Waals surface area contributed by atoms with Crippen LogP contribution in [0.3, 0.4) is 0 Å². The summed E-state index contributed by atoms with van der Waals surface area (Å²) in [4.78, 5) is 23.5. The van der Waals surface area contributed by atoms with Crippen molar-refractivity contribution in [3.05, 3.63) is 108 Å². The molecule has 0 saturated heterocycles. The summed E-state index contributed by atoms with van der Waals surface area (Å²) < 4.78 is 11.5. The highest BCUT2D eigenvalue weighted by molar-refractivity contribution is 5.78. The van der Waals surface area contributed by atoms with Crippen LogP contribution in [0.5, 0.6) is 17.2 Å². The van der Waals surface area contributed by atoms with Crippen molar-refractivity contribution in [3.8, 4) is 17.2 Å². The van der Waals surface area contributed by atoms with Crippen molar-refractivity contribution in [2.75, 3.05) is 18.5 Å². The molecule has 0 aliphatic carbocycles. The van der Waals surface area contributed by atoms with Gasteiger partial charge in [0.2, 0.25) is 5.95 Å². The third-order valence-corrected chi connectivity index (χ3v) is 5.72. The molecular weight excluding hydrogens is 440 g/mol. The van der Waals surface area contributed by atoms with Gasteiger partial charge in [-0.1, -0.05) is 48.5 Å². The Morgan fingerprint density at radius 2 is 1.66 bits per heavy atom. The number of rotatable bonds is 8. The summed E-state index contributed by atoms with van der Waals surface area (Å²) in [6.07, 6.45) is 2.49. The maximum absolute atomic E-state index is 12.6. The summed E-state index contributed by atoms with van der Waals surface area (Å²) in [5, 5.41) is 3.30. The number of anilines is 1. The molecule has 1 aliphatic rings. The molecule has 5 rings (SSSR count). The lowest BCUT2D eigenvalue weighted by atomic mass is 10.1. The Kier molecular flexibility index (Phi) is 6.84. The summed E-state index contributed by atoms with van der Waals surface area (Å²) in [5.41, 5.74) is 3.00. The SMILES string of the molecule is O=C(COc1ccccc1)N1CCc2nc(NCc3cccc(Oc4ccccc4)c3)ncc2C1. The van der Waals surface area contributed by atoms with Gasteiger partial charge in [0.05, 0.1) is 5.69 Å². The molecule has 1 N–H and O–H groups in total. The second kappa shape index (κ2) is 10.7. The molecule has 0 fully saturated rings. The number of carbonyl (C=O) groups is 1. The van der Waals surface area contributed by atoms with E-state index in [0.717, 1.165) is 28.3 Å². The van der Waals surface area contributed by atoms with Gasteiger partial charge in [-0.15, -0.1) is 0 Å². The number of hydrogen-bond donors (Lipinski definition) is 1. The van der Waals surface area contributed by atoms with E-state index in [1.54, 1.807) is 11.1 Å². The predicted octanol–water partition coefficient (Wildman–Crippen LogP) is 4.84. The Bertz CT molecular complexity index is 1280. The van der Waals surface area contributed by atoms with Crippen molar-refractivity contribution in [1.82, 2.24) is 14.9 Å². The van der Waals surface area contributed by atoms with E-state index in [9.17, 15) is 4.79 Å². The molecule has 35 heavy (non-hydrogen) atoms. The van der Waals surface area contributed by atoms with E-state index in [1.165, 1.54) is 0 Å². The number of carbonyl (C=O) groups excluding carboxylic acids is 1. The van der Waals surface area contributed by atoms with Crippen LogP contribution in [0, 0.1) is 0 Å². The summed E-state index contributed by atoms with van der Waals surface area (Å²) >= 11 is 0. The fraction of sp³-hybridized carbons (Fsp3) is 0.179. The number of nitrogens with one attached hydrogen (secondary N) is 1. The summed E-state index contributed by atoms with van der Waals surface area (Å²) in [6, 6.07) is 27.0. The molecule has 0 bridgehead atoms. The van der Waals surface area contributed by atoms with Gasteiger partial charge in [0.25, 0.3) is 5.91 Å². The van der Waals surface area contributed by atoms with Crippen molar-refractivity contribution in [2.24, 2.45) is 0 Å². The van der Waals surface area contributed by atoms with Gasteiger partial charge in [0, 0.05) is 37.8 Å². The zero-order chi connectivity index (χ0) is 23.9. The first-order chi connectivity index (χ1) is 17.2. The average molecular weight is 467 g/mol. The summed E-state index contributed by atoms with van der Waals surface area (Å²) in [6.45, 7) is 1.70. The minimum atomic E-state index is -0.0423. The number of amides is 1. The van der Waals surface area contributed by atoms with E-state index >= 15 is 0 Å². The monoisotopic (exact) mass is 466 g/mol. The first kappa shape index (κ1) is 22.4. The minimum Gasteiger partial charge on any atom is -0.484 e. The van der Waals surface area contributed by atoms with Crippen LogP contribution in [-0.2, 0) is 24.3 Å². The van der Waals surface area contributed by atoms with Crippen molar-refractivity contribution in [3.63, 3.8) is 0 Å². The van der Waals surface area contributed by atoms with Crippen LogP contribution in [0.15, 0.2) is 91.1 Å². The van der Waals surface area contributed by atoms with Gasteiger partial charge in [0.1, 0.15) is 17.2 Å². The second-order valence-corrected chi connectivity index (χ2v) is 8.25. The highest BCUT2D eigenvalue weighted by atomic mass is 16.5. The Hall–Kier alpha value is -4.39. The van der Waals surface area contributed by atoms with E-state index in [-0.39, 0.29) is 12.5 Å². The third kappa shape index (κ3) is 5.95. The largest absolute Gasteiger partial charge is 0.484 e. The molecule has 7 nitrogen and oxygen atoms in total. The molecule has 0 saturated carbocycles. The fourth-order valence-electron chi connectivity index (χ4n) is 3.89. The fourth-order valence-corrected chi connectivity index (χ4v) is 3.89. The average Bonchev–Trinajstić information content (AvgIpc) is 2.91. The summed E-state index contributed by atoms with van der Waals surface area (Å²) in [5.74, 6) is 2.80. The van der Waals surface area contributed by atoms with Crippen LogP contribution >= 0.6 is 0 Å². The zero-order valence-corrected chi connectivity index (χ0v) is 19.3. The number of aromatic nitrogens is 2. The van der Waals surface area contributed by atoms with Gasteiger partial charge >= 0.3 is 0 Å². The normalized spacial score (nSPS) is 12.5. The molecule has 0 radical (unpaired) electrons. The lowest BCUT2D eigenvalue weighted by Gasteiger charge is -2.28. The van der Waals surface area contributed by atoms with Crippen molar-refractivity contribution in [1.29, 1.82) is 0 Å². The quantitative estimate of drug-likeness (QED) is 0.400. The lowest BCUT2D eigenvalue weighted by molar-refractivity contribution is -0.134. The van der Waals surface area contributed by atoms with Gasteiger partial charge < -0.3 is 19.7 Å². The summed E-state index contributed by atoms with van der Waals surface area (Å²) in [7, 11) is 0. The van der Waals surface area contributed by atoms with E-state index in [4.69, 9.17) is 9.47 Å². The number of para-hydroxylation sites is 2. The van der Waals surface area contributed by atoms with Crippen molar-refractivity contribution >= 4 is 11.9 Å². The first-order valence-electron chi connectivity index (χ1n) is 11.6. The number of hydrogen-bond acceptors (Lipinski definition) is 6. The molecule has 3 aromatic carbocycles. The maximum Gasteiger partial charge on any atom is 0.260 e. The minimum absolute atomic E-state index is 0.0207. The van der Waals surface area contributed by atoms with Gasteiger partial charge in [-0.2, -0.15) is 0 Å². The number of nitrogens with zero attached hydrogens (tertiary/aromatic N) is 3. The van der Waals surface area contributed by atoms with E-state index < -0.39 is 0 Å². The van der Waals surface area contributed by atoms with Gasteiger partial charge in [0.15, 0.2) is 6.61 Å². The zero-order valence-electron chi connectivity index (χ0n) is 19.3. The molecule has 1 aromatic heterocycles. The standard InChI is InChI=1S/C28H26N4O3/c33-27(20-34-23-9-3-1-4-10-23)32-15-14-26-22(19-32)18-30-28(31-26)29-17-21-8-7-13-25(16-21)35-24-11-5-2-6-12-24/h1-13,16,18H,14-15,17,19-20H2,(H,29,30,31). The maximum atomic E-state index is 12.6. The molecule has 0 atom stereocenters.